The van der Waals surface area contributed by atoms with Crippen LogP contribution >= 0.6 is 0 Å². The highest BCUT2D eigenvalue weighted by Gasteiger charge is 2.66. The van der Waals surface area contributed by atoms with Crippen LogP contribution in [0.5, 0.6) is 11.5 Å². The molecule has 3 rings (SSSR count). The molecule has 10 heteroatoms. The predicted molar refractivity (Wildman–Crippen MR) is 89.6 cm³/mol. The van der Waals surface area contributed by atoms with E-state index in [1.165, 1.54) is 12.1 Å². The molecule has 0 spiro atoms. The summed E-state index contributed by atoms with van der Waals surface area (Å²) in [5, 5.41) is 3.11. The highest BCUT2D eigenvalue weighted by Crippen LogP contribution is 2.50. The fourth-order valence-electron chi connectivity index (χ4n) is 2.37. The Morgan fingerprint density at radius 3 is 2.22 bits per heavy atom. The lowest BCUT2D eigenvalue weighted by Gasteiger charge is -2.36. The molecular formula is C17H22F4N2O4. The number of rotatable bonds is 2. The zero-order chi connectivity index (χ0) is 20.3. The average Bonchev–Trinajstić information content (AvgIpc) is 2.55. The summed E-state index contributed by atoms with van der Waals surface area (Å²) in [7, 11) is 0. The molecule has 2 heterocycles. The number of hydrogen-bond donors (Lipinski definition) is 1. The summed E-state index contributed by atoms with van der Waals surface area (Å²) in [5.74, 6) is -0.720. The van der Waals surface area contributed by atoms with Gasteiger partial charge in [-0.15, -0.1) is 0 Å². The Morgan fingerprint density at radius 2 is 1.70 bits per heavy atom. The molecule has 1 saturated heterocycles. The second kappa shape index (κ2) is 7.79. The van der Waals surface area contributed by atoms with Crippen molar-refractivity contribution in [3.05, 3.63) is 18.2 Å². The molecule has 152 valence electrons. The Morgan fingerprint density at radius 1 is 1.11 bits per heavy atom. The minimum Gasteiger partial charge on any atom is -0.462 e. The molecule has 1 N–H and O–H groups in total. The average molecular weight is 394 g/mol. The zero-order valence-electron chi connectivity index (χ0n) is 15.2. The number of carbonyl (C=O) groups is 1. The Bertz CT molecular complexity index is 659. The number of halogens is 4. The molecule has 2 aliphatic rings. The highest BCUT2D eigenvalue weighted by molar-refractivity contribution is 5.65. The van der Waals surface area contributed by atoms with Crippen LogP contribution in [0.15, 0.2) is 18.2 Å². The maximum Gasteiger partial charge on any atom is 0.507 e. The molecule has 1 fully saturated rings. The van der Waals surface area contributed by atoms with Gasteiger partial charge in [0.1, 0.15) is 5.60 Å². The predicted octanol–water partition coefficient (Wildman–Crippen LogP) is 3.01. The zero-order valence-corrected chi connectivity index (χ0v) is 15.2. The van der Waals surface area contributed by atoms with Crippen molar-refractivity contribution in [3.8, 4) is 11.5 Å². The molecule has 6 nitrogen and oxygen atoms in total. The lowest BCUT2D eigenvalue weighted by Crippen LogP contribution is -2.52. The van der Waals surface area contributed by atoms with Crippen molar-refractivity contribution in [1.29, 1.82) is 0 Å². The molecule has 0 radical (unpaired) electrons. The summed E-state index contributed by atoms with van der Waals surface area (Å²) in [6, 6.07) is 4.20. The van der Waals surface area contributed by atoms with Crippen LogP contribution in [0.1, 0.15) is 20.8 Å². The van der Waals surface area contributed by atoms with Gasteiger partial charge in [0, 0.05) is 26.2 Å². The Kier molecular flexibility index (Phi) is 6.08. The number of nitrogens with zero attached hydrogens (tertiary/aromatic N) is 1. The SMILES string of the molecule is CC(C)(C)OC=O.FC1(F)Oc2cccc(N3CCNCC3)c2OC1(F)F. The van der Waals surface area contributed by atoms with E-state index < -0.39 is 12.2 Å². The van der Waals surface area contributed by atoms with Gasteiger partial charge in [-0.2, -0.15) is 17.6 Å². The van der Waals surface area contributed by atoms with E-state index in [1.54, 1.807) is 11.0 Å². The second-order valence-electron chi connectivity index (χ2n) is 6.91. The smallest absolute Gasteiger partial charge is 0.462 e. The quantitative estimate of drug-likeness (QED) is 0.615. The molecule has 0 atom stereocenters. The summed E-state index contributed by atoms with van der Waals surface area (Å²) in [5.41, 5.74) is 0.0149. The van der Waals surface area contributed by atoms with Gasteiger partial charge in [-0.1, -0.05) is 6.07 Å². The van der Waals surface area contributed by atoms with Crippen LogP contribution < -0.4 is 19.7 Å². The summed E-state index contributed by atoms with van der Waals surface area (Å²) >= 11 is 0. The number of nitrogens with one attached hydrogen (secondary N) is 1. The molecule has 0 saturated carbocycles. The number of ether oxygens (including phenoxy) is 3. The first kappa shape index (κ1) is 21.1. The van der Waals surface area contributed by atoms with Gasteiger partial charge in [0.15, 0.2) is 11.5 Å². The van der Waals surface area contributed by atoms with Gasteiger partial charge >= 0.3 is 12.2 Å². The molecule has 0 unspecified atom stereocenters. The number of carbonyl (C=O) groups excluding carboxylic acids is 1. The van der Waals surface area contributed by atoms with E-state index in [4.69, 9.17) is 0 Å². The molecule has 0 aromatic heterocycles. The minimum atomic E-state index is -4.69. The fourth-order valence-corrected chi connectivity index (χ4v) is 2.37. The number of fused-ring (bicyclic) bond motifs is 1. The number of benzene rings is 1. The molecule has 1 aromatic rings. The van der Waals surface area contributed by atoms with Crippen LogP contribution in [0.25, 0.3) is 0 Å². The number of alkyl halides is 4. The lowest BCUT2D eigenvalue weighted by molar-refractivity contribution is -0.391. The largest absolute Gasteiger partial charge is 0.507 e. The van der Waals surface area contributed by atoms with E-state index in [2.05, 4.69) is 19.5 Å². The van der Waals surface area contributed by atoms with Crippen LogP contribution in [-0.4, -0.2) is 50.5 Å². The van der Waals surface area contributed by atoms with Crippen LogP contribution in [0.3, 0.4) is 0 Å². The van der Waals surface area contributed by atoms with E-state index in [0.29, 0.717) is 38.3 Å². The number of anilines is 1. The molecule has 1 aromatic carbocycles. The summed E-state index contributed by atoms with van der Waals surface area (Å²) in [6.07, 6.45) is -9.37. The lowest BCUT2D eigenvalue weighted by atomic mass is 10.2. The first-order valence-corrected chi connectivity index (χ1v) is 8.31. The van der Waals surface area contributed by atoms with Gasteiger partial charge in [-0.25, -0.2) is 0 Å². The normalized spacial score (nSPS) is 20.2. The Hall–Kier alpha value is -2.23. The van der Waals surface area contributed by atoms with Crippen LogP contribution in [-0.2, 0) is 9.53 Å². The van der Waals surface area contributed by atoms with E-state index in [1.807, 2.05) is 20.8 Å². The second-order valence-corrected chi connectivity index (χ2v) is 6.91. The number of piperazine rings is 1. The maximum absolute atomic E-state index is 13.3. The summed E-state index contributed by atoms with van der Waals surface area (Å²) in [6.45, 7) is 8.42. The molecule has 0 aliphatic carbocycles. The van der Waals surface area contributed by atoms with Crippen molar-refractivity contribution in [2.24, 2.45) is 0 Å². The van der Waals surface area contributed by atoms with Crippen molar-refractivity contribution in [3.63, 3.8) is 0 Å². The van der Waals surface area contributed by atoms with E-state index >= 15 is 0 Å². The highest BCUT2D eigenvalue weighted by atomic mass is 19.3. The molecular weight excluding hydrogens is 372 g/mol. The van der Waals surface area contributed by atoms with Gasteiger partial charge in [-0.3, -0.25) is 4.79 Å². The molecule has 27 heavy (non-hydrogen) atoms. The van der Waals surface area contributed by atoms with Crippen molar-refractivity contribution >= 4 is 12.2 Å². The third kappa shape index (κ3) is 5.15. The topological polar surface area (TPSA) is 60.0 Å². The van der Waals surface area contributed by atoms with Gasteiger partial charge < -0.3 is 24.4 Å². The van der Waals surface area contributed by atoms with Gasteiger partial charge in [0.25, 0.3) is 6.47 Å². The van der Waals surface area contributed by atoms with Crippen LogP contribution in [0.4, 0.5) is 23.2 Å². The van der Waals surface area contributed by atoms with Crippen LogP contribution in [0.2, 0.25) is 0 Å². The fraction of sp³-hybridized carbons (Fsp3) is 0.588. The van der Waals surface area contributed by atoms with Crippen molar-refractivity contribution in [1.82, 2.24) is 5.32 Å². The van der Waals surface area contributed by atoms with E-state index in [-0.39, 0.29) is 17.1 Å². The van der Waals surface area contributed by atoms with Gasteiger partial charge in [0.2, 0.25) is 0 Å². The molecule has 0 amide bonds. The standard InChI is InChI=1S/C12H12F4N2O2.C5H10O2/c13-11(14)12(15,16)20-10-8(2-1-3-9(10)19-11)18-6-4-17-5-7-18;1-5(2,3)7-4-6/h1-3,17H,4-7H2;4H,1-3H3. The van der Waals surface area contributed by atoms with Gasteiger partial charge in [0.05, 0.1) is 5.69 Å². The van der Waals surface area contributed by atoms with Crippen LogP contribution in [0, 0.1) is 0 Å². The third-order valence-electron chi connectivity index (χ3n) is 3.62. The summed E-state index contributed by atoms with van der Waals surface area (Å²) in [4.78, 5) is 11.4. The van der Waals surface area contributed by atoms with Crippen molar-refractivity contribution in [2.45, 2.75) is 38.6 Å². The first-order chi connectivity index (χ1) is 12.5. The number of para-hydroxylation sites is 1. The number of hydrogen-bond acceptors (Lipinski definition) is 6. The van der Waals surface area contributed by atoms with Crippen molar-refractivity contribution in [2.75, 3.05) is 31.1 Å². The first-order valence-electron chi connectivity index (χ1n) is 8.31. The minimum absolute atomic E-state index is 0.318. The molecule has 2 aliphatic heterocycles. The molecule has 0 bridgehead atoms. The summed E-state index contributed by atoms with van der Waals surface area (Å²) < 4.78 is 65.7. The Balaban J connectivity index is 0.000000321. The van der Waals surface area contributed by atoms with Crippen molar-refractivity contribution < 1.29 is 36.6 Å². The maximum atomic E-state index is 13.3. The van der Waals surface area contributed by atoms with E-state index in [0.717, 1.165) is 0 Å². The monoisotopic (exact) mass is 394 g/mol. The Labute approximate surface area is 154 Å². The third-order valence-corrected chi connectivity index (χ3v) is 3.62. The van der Waals surface area contributed by atoms with E-state index in [9.17, 15) is 22.4 Å². The van der Waals surface area contributed by atoms with Gasteiger partial charge in [-0.05, 0) is 32.9 Å².